The minimum absolute atomic E-state index is 0.0184. The third kappa shape index (κ3) is 4.34. The van der Waals surface area contributed by atoms with Crippen molar-refractivity contribution in [3.05, 3.63) is 48.4 Å². The van der Waals surface area contributed by atoms with Gasteiger partial charge in [0.25, 0.3) is 0 Å². The van der Waals surface area contributed by atoms with Crippen LogP contribution in [0.25, 0.3) is 11.0 Å². The summed E-state index contributed by atoms with van der Waals surface area (Å²) in [6.45, 7) is 6.28. The molecular weight excluding hydrogens is 364 g/mol. The summed E-state index contributed by atoms with van der Waals surface area (Å²) in [4.78, 5) is 26.7. The molecule has 1 aliphatic heterocycles. The quantitative estimate of drug-likeness (QED) is 0.599. The molecule has 152 valence electrons. The van der Waals surface area contributed by atoms with Gasteiger partial charge in [-0.2, -0.15) is 0 Å². The van der Waals surface area contributed by atoms with Crippen molar-refractivity contribution in [1.82, 2.24) is 20.3 Å². The first-order valence-electron chi connectivity index (χ1n) is 10.3. The van der Waals surface area contributed by atoms with Crippen LogP contribution in [0.3, 0.4) is 0 Å². The van der Waals surface area contributed by atoms with E-state index in [2.05, 4.69) is 50.4 Å². The van der Waals surface area contributed by atoms with Crippen molar-refractivity contribution in [2.24, 2.45) is 0 Å². The first-order chi connectivity index (χ1) is 14.1. The molecule has 3 heterocycles. The van der Waals surface area contributed by atoms with Crippen molar-refractivity contribution in [1.29, 1.82) is 0 Å². The normalized spacial score (nSPS) is 16.9. The Balaban J connectivity index is 1.36. The van der Waals surface area contributed by atoms with Gasteiger partial charge in [0.1, 0.15) is 17.8 Å². The standard InChI is InChI=1S/C22H28N6O/c1-15(2)17-7-3-4-8-19(17)24-12-20(29)27-16-6-5-11-28(13-16)22-18-9-10-23-21(18)25-14-26-22/h3-4,7-10,14-16,24H,5-6,11-13H2,1-2H3,(H,27,29)(H,23,25,26)/t16-/m1/s1. The number of hydrogen-bond acceptors (Lipinski definition) is 5. The van der Waals surface area contributed by atoms with Crippen LogP contribution in [0.5, 0.6) is 0 Å². The van der Waals surface area contributed by atoms with Gasteiger partial charge in [-0.25, -0.2) is 9.97 Å². The summed E-state index contributed by atoms with van der Waals surface area (Å²) in [5.41, 5.74) is 3.09. The maximum atomic E-state index is 12.6. The number of nitrogens with one attached hydrogen (secondary N) is 3. The minimum atomic E-state index is 0.0184. The predicted octanol–water partition coefficient (Wildman–Crippen LogP) is 3.28. The smallest absolute Gasteiger partial charge is 0.239 e. The van der Waals surface area contributed by atoms with Gasteiger partial charge in [-0.3, -0.25) is 4.79 Å². The van der Waals surface area contributed by atoms with Gasteiger partial charge in [-0.15, -0.1) is 0 Å². The van der Waals surface area contributed by atoms with Gasteiger partial charge in [-0.05, 0) is 36.5 Å². The SMILES string of the molecule is CC(C)c1ccccc1NCC(=O)N[C@@H]1CCCN(c2ncnc3[nH]ccc23)C1. The van der Waals surface area contributed by atoms with E-state index in [9.17, 15) is 4.79 Å². The minimum Gasteiger partial charge on any atom is -0.376 e. The summed E-state index contributed by atoms with van der Waals surface area (Å²) in [6.07, 6.45) is 5.47. The van der Waals surface area contributed by atoms with E-state index in [1.165, 1.54) is 5.56 Å². The maximum Gasteiger partial charge on any atom is 0.239 e. The van der Waals surface area contributed by atoms with E-state index in [-0.39, 0.29) is 18.5 Å². The molecule has 1 saturated heterocycles. The Morgan fingerprint density at radius 1 is 1.28 bits per heavy atom. The van der Waals surface area contributed by atoms with E-state index in [1.54, 1.807) is 6.33 Å². The molecule has 1 aliphatic rings. The molecule has 7 nitrogen and oxygen atoms in total. The molecule has 7 heteroatoms. The van der Waals surface area contributed by atoms with E-state index in [4.69, 9.17) is 0 Å². The Kier molecular flexibility index (Phi) is 5.64. The fourth-order valence-electron chi connectivity index (χ4n) is 4.01. The Morgan fingerprint density at radius 2 is 2.14 bits per heavy atom. The number of para-hydroxylation sites is 1. The molecular formula is C22H28N6O. The molecule has 3 N–H and O–H groups in total. The van der Waals surface area contributed by atoms with E-state index in [0.717, 1.165) is 48.5 Å². The summed E-state index contributed by atoms with van der Waals surface area (Å²) < 4.78 is 0. The van der Waals surface area contributed by atoms with Gasteiger partial charge in [0, 0.05) is 31.0 Å². The number of carbonyl (C=O) groups excluding carboxylic acids is 1. The number of hydrogen-bond donors (Lipinski definition) is 3. The zero-order valence-corrected chi connectivity index (χ0v) is 17.0. The average Bonchev–Trinajstić information content (AvgIpc) is 3.21. The van der Waals surface area contributed by atoms with Crippen LogP contribution in [0.2, 0.25) is 0 Å². The average molecular weight is 393 g/mol. The molecule has 0 bridgehead atoms. The number of aromatic nitrogens is 3. The zero-order chi connectivity index (χ0) is 20.2. The lowest BCUT2D eigenvalue weighted by molar-refractivity contribution is -0.120. The monoisotopic (exact) mass is 392 g/mol. The summed E-state index contributed by atoms with van der Waals surface area (Å²) in [6, 6.07) is 10.3. The molecule has 3 aromatic rings. The maximum absolute atomic E-state index is 12.6. The number of benzene rings is 1. The Labute approximate surface area is 170 Å². The van der Waals surface area contributed by atoms with Gasteiger partial charge in [0.15, 0.2) is 0 Å². The lowest BCUT2D eigenvalue weighted by atomic mass is 10.0. The van der Waals surface area contributed by atoms with Gasteiger partial charge < -0.3 is 20.5 Å². The first-order valence-corrected chi connectivity index (χ1v) is 10.3. The third-order valence-electron chi connectivity index (χ3n) is 5.44. The largest absolute Gasteiger partial charge is 0.376 e. The highest BCUT2D eigenvalue weighted by molar-refractivity contribution is 5.87. The highest BCUT2D eigenvalue weighted by atomic mass is 16.2. The summed E-state index contributed by atoms with van der Waals surface area (Å²) in [5, 5.41) is 7.50. The molecule has 0 saturated carbocycles. The first kappa shape index (κ1) is 19.2. The van der Waals surface area contributed by atoms with Gasteiger partial charge in [0.05, 0.1) is 11.9 Å². The highest BCUT2D eigenvalue weighted by Crippen LogP contribution is 2.25. The second kappa shape index (κ2) is 8.51. The number of carbonyl (C=O) groups is 1. The summed E-state index contributed by atoms with van der Waals surface area (Å²) in [5.74, 6) is 1.36. The molecule has 0 radical (unpaired) electrons. The number of fused-ring (bicyclic) bond motifs is 1. The summed E-state index contributed by atoms with van der Waals surface area (Å²) >= 11 is 0. The molecule has 4 rings (SSSR count). The van der Waals surface area contributed by atoms with Crippen LogP contribution in [0.15, 0.2) is 42.9 Å². The van der Waals surface area contributed by atoms with Crippen molar-refractivity contribution in [2.75, 3.05) is 29.9 Å². The van der Waals surface area contributed by atoms with Crippen molar-refractivity contribution in [3.8, 4) is 0 Å². The van der Waals surface area contributed by atoms with Crippen LogP contribution >= 0.6 is 0 Å². The van der Waals surface area contributed by atoms with E-state index < -0.39 is 0 Å². The van der Waals surface area contributed by atoms with Crippen molar-refractivity contribution >= 4 is 28.4 Å². The van der Waals surface area contributed by atoms with Crippen LogP contribution in [0.4, 0.5) is 11.5 Å². The number of rotatable bonds is 6. The van der Waals surface area contributed by atoms with E-state index in [1.807, 2.05) is 30.5 Å². The molecule has 2 aromatic heterocycles. The van der Waals surface area contributed by atoms with Crippen molar-refractivity contribution in [2.45, 2.75) is 38.6 Å². The van der Waals surface area contributed by atoms with Crippen molar-refractivity contribution in [3.63, 3.8) is 0 Å². The van der Waals surface area contributed by atoms with Gasteiger partial charge in [-0.1, -0.05) is 32.0 Å². The van der Waals surface area contributed by atoms with Gasteiger partial charge >= 0.3 is 0 Å². The number of anilines is 2. The van der Waals surface area contributed by atoms with E-state index >= 15 is 0 Å². The number of aromatic amines is 1. The Hall–Kier alpha value is -3.09. The summed E-state index contributed by atoms with van der Waals surface area (Å²) in [7, 11) is 0. The van der Waals surface area contributed by atoms with Crippen LogP contribution in [0.1, 0.15) is 38.2 Å². The van der Waals surface area contributed by atoms with Crippen LogP contribution in [-0.4, -0.2) is 46.5 Å². The molecule has 0 spiro atoms. The Morgan fingerprint density at radius 3 is 3.00 bits per heavy atom. The number of H-pyrrole nitrogens is 1. The molecule has 0 unspecified atom stereocenters. The Bertz CT molecular complexity index is 982. The number of nitrogens with zero attached hydrogens (tertiary/aromatic N) is 3. The second-order valence-corrected chi connectivity index (χ2v) is 7.89. The molecule has 1 aromatic carbocycles. The van der Waals surface area contributed by atoms with Crippen LogP contribution in [0, 0.1) is 0 Å². The zero-order valence-electron chi connectivity index (χ0n) is 17.0. The number of amides is 1. The van der Waals surface area contributed by atoms with Crippen LogP contribution < -0.4 is 15.5 Å². The molecule has 29 heavy (non-hydrogen) atoms. The molecule has 1 fully saturated rings. The fourth-order valence-corrected chi connectivity index (χ4v) is 4.01. The van der Waals surface area contributed by atoms with Gasteiger partial charge in [0.2, 0.25) is 5.91 Å². The highest BCUT2D eigenvalue weighted by Gasteiger charge is 2.24. The predicted molar refractivity (Wildman–Crippen MR) is 116 cm³/mol. The topological polar surface area (TPSA) is 85.9 Å². The lowest BCUT2D eigenvalue weighted by Gasteiger charge is -2.34. The van der Waals surface area contributed by atoms with Crippen molar-refractivity contribution < 1.29 is 4.79 Å². The second-order valence-electron chi connectivity index (χ2n) is 7.89. The number of piperidine rings is 1. The molecule has 1 amide bonds. The molecule has 1 atom stereocenters. The van der Waals surface area contributed by atoms with E-state index in [0.29, 0.717) is 5.92 Å². The van der Waals surface area contributed by atoms with Crippen LogP contribution in [-0.2, 0) is 4.79 Å². The lowest BCUT2D eigenvalue weighted by Crippen LogP contribution is -2.49. The molecule has 0 aliphatic carbocycles. The fraction of sp³-hybridized carbons (Fsp3) is 0.409. The third-order valence-corrected chi connectivity index (χ3v) is 5.44.